The van der Waals surface area contributed by atoms with Crippen molar-refractivity contribution in [3.8, 4) is 5.82 Å². The average Bonchev–Trinajstić information content (AvgIpc) is 3.11. The Balaban J connectivity index is 2.08. The first-order valence-corrected chi connectivity index (χ1v) is 6.13. The zero-order valence-electron chi connectivity index (χ0n) is 10.7. The summed E-state index contributed by atoms with van der Waals surface area (Å²) in [6.45, 7) is 0. The van der Waals surface area contributed by atoms with Crippen molar-refractivity contribution in [3.05, 3.63) is 42.4 Å². The van der Waals surface area contributed by atoms with E-state index >= 15 is 0 Å². The van der Waals surface area contributed by atoms with Crippen LogP contribution in [0.25, 0.3) is 22.6 Å². The molecule has 0 saturated carbocycles. The van der Waals surface area contributed by atoms with Gasteiger partial charge in [-0.05, 0) is 12.1 Å². The van der Waals surface area contributed by atoms with Crippen molar-refractivity contribution in [1.29, 1.82) is 0 Å². The van der Waals surface area contributed by atoms with Crippen LogP contribution in [0, 0.1) is 0 Å². The molecule has 0 fully saturated rings. The van der Waals surface area contributed by atoms with Gasteiger partial charge in [0, 0.05) is 6.20 Å². The lowest BCUT2D eigenvalue weighted by atomic mass is 10.3. The van der Waals surface area contributed by atoms with Gasteiger partial charge in [0.15, 0.2) is 5.69 Å². The van der Waals surface area contributed by atoms with E-state index < -0.39 is 17.7 Å². The molecule has 110 valence electrons. The van der Waals surface area contributed by atoms with E-state index in [0.717, 1.165) is 9.20 Å². The second-order valence-electron chi connectivity index (χ2n) is 4.44. The minimum atomic E-state index is -4.69. The number of hydrogen-bond donors (Lipinski definition) is 0. The van der Waals surface area contributed by atoms with Crippen LogP contribution in [0.5, 0.6) is 0 Å². The van der Waals surface area contributed by atoms with Gasteiger partial charge in [-0.1, -0.05) is 17.3 Å². The Hall–Kier alpha value is -3.04. The van der Waals surface area contributed by atoms with Gasteiger partial charge in [-0.2, -0.15) is 17.9 Å². The molecule has 0 atom stereocenters. The molecule has 0 N–H and O–H groups in total. The minimum Gasteiger partial charge on any atom is -0.218 e. The Morgan fingerprint density at radius 3 is 2.73 bits per heavy atom. The molecule has 7 nitrogen and oxygen atoms in total. The van der Waals surface area contributed by atoms with Gasteiger partial charge in [0.1, 0.15) is 5.52 Å². The van der Waals surface area contributed by atoms with Gasteiger partial charge in [0.25, 0.3) is 5.78 Å². The number of alkyl halides is 3. The van der Waals surface area contributed by atoms with E-state index in [1.165, 1.54) is 12.4 Å². The maximum atomic E-state index is 13.3. The molecule has 0 bridgehead atoms. The molecule has 10 heteroatoms. The predicted octanol–water partition coefficient (Wildman–Crippen LogP) is 1.88. The molecule has 0 radical (unpaired) electrons. The standard InChI is InChI=1S/C12H6F3N7/c13-12(14,15)9-10(19-21-6-5-16-11(21)17-9)22-8-4-2-1-3-7(8)18-20-22/h1-6H. The monoisotopic (exact) mass is 305 g/mol. The van der Waals surface area contributed by atoms with Gasteiger partial charge in [-0.25, -0.2) is 14.5 Å². The summed E-state index contributed by atoms with van der Waals surface area (Å²) in [4.78, 5) is 7.27. The number of halogens is 3. The van der Waals surface area contributed by atoms with E-state index in [4.69, 9.17) is 0 Å². The van der Waals surface area contributed by atoms with Gasteiger partial charge in [0.05, 0.1) is 11.7 Å². The molecule has 0 amide bonds. The average molecular weight is 305 g/mol. The second-order valence-corrected chi connectivity index (χ2v) is 4.44. The SMILES string of the molecule is FC(F)(F)c1nc2nccn2nc1-n1nnc2ccccc21. The molecule has 0 aliphatic heterocycles. The number of rotatable bonds is 1. The van der Waals surface area contributed by atoms with Crippen LogP contribution in [0.3, 0.4) is 0 Å². The molecule has 0 spiro atoms. The highest BCUT2D eigenvalue weighted by molar-refractivity contribution is 5.75. The van der Waals surface area contributed by atoms with Crippen molar-refractivity contribution in [2.45, 2.75) is 6.18 Å². The molecule has 0 unspecified atom stereocenters. The van der Waals surface area contributed by atoms with Crippen LogP contribution in [0.1, 0.15) is 5.69 Å². The number of aromatic nitrogens is 7. The van der Waals surface area contributed by atoms with E-state index in [9.17, 15) is 13.2 Å². The molecule has 22 heavy (non-hydrogen) atoms. The molecule has 4 aromatic rings. The molecule has 0 saturated heterocycles. The number of hydrogen-bond acceptors (Lipinski definition) is 5. The van der Waals surface area contributed by atoms with Gasteiger partial charge >= 0.3 is 6.18 Å². The zero-order valence-corrected chi connectivity index (χ0v) is 10.7. The van der Waals surface area contributed by atoms with Crippen LogP contribution in [-0.4, -0.2) is 34.6 Å². The first kappa shape index (κ1) is 12.7. The molecule has 4 rings (SSSR count). The van der Waals surface area contributed by atoms with E-state index in [-0.39, 0.29) is 5.78 Å². The fourth-order valence-electron chi connectivity index (χ4n) is 2.10. The Morgan fingerprint density at radius 1 is 1.09 bits per heavy atom. The third-order valence-corrected chi connectivity index (χ3v) is 3.05. The maximum Gasteiger partial charge on any atom is 0.437 e. The van der Waals surface area contributed by atoms with E-state index in [2.05, 4.69) is 25.4 Å². The lowest BCUT2D eigenvalue weighted by Crippen LogP contribution is -2.18. The van der Waals surface area contributed by atoms with Crippen molar-refractivity contribution < 1.29 is 13.2 Å². The quantitative estimate of drug-likeness (QED) is 0.537. The van der Waals surface area contributed by atoms with Gasteiger partial charge < -0.3 is 0 Å². The number of para-hydroxylation sites is 1. The molecule has 1 aromatic carbocycles. The molecular formula is C12H6F3N7. The van der Waals surface area contributed by atoms with Crippen molar-refractivity contribution in [1.82, 2.24) is 34.6 Å². The van der Waals surface area contributed by atoms with Crippen LogP contribution >= 0.6 is 0 Å². The second kappa shape index (κ2) is 4.23. The predicted molar refractivity (Wildman–Crippen MR) is 68.2 cm³/mol. The van der Waals surface area contributed by atoms with Crippen LogP contribution in [0.15, 0.2) is 36.7 Å². The van der Waals surface area contributed by atoms with Gasteiger partial charge in [-0.15, -0.1) is 10.2 Å². The highest BCUT2D eigenvalue weighted by Gasteiger charge is 2.38. The highest BCUT2D eigenvalue weighted by atomic mass is 19.4. The Bertz CT molecular complexity index is 985. The van der Waals surface area contributed by atoms with Crippen molar-refractivity contribution >= 4 is 16.8 Å². The fraction of sp³-hybridized carbons (Fsp3) is 0.0833. The number of imidazole rings is 1. The van der Waals surface area contributed by atoms with Gasteiger partial charge in [-0.3, -0.25) is 0 Å². The molecule has 0 aliphatic carbocycles. The largest absolute Gasteiger partial charge is 0.437 e. The van der Waals surface area contributed by atoms with Crippen LogP contribution in [0.4, 0.5) is 13.2 Å². The van der Waals surface area contributed by atoms with E-state index in [1.54, 1.807) is 24.3 Å². The normalized spacial score (nSPS) is 12.3. The van der Waals surface area contributed by atoms with Crippen molar-refractivity contribution in [2.24, 2.45) is 0 Å². The van der Waals surface area contributed by atoms with Crippen LogP contribution in [-0.2, 0) is 6.18 Å². The summed E-state index contributed by atoms with van der Waals surface area (Å²) < 4.78 is 42.0. The number of nitrogens with zero attached hydrogens (tertiary/aromatic N) is 7. The topological polar surface area (TPSA) is 73.8 Å². The molecule has 3 aromatic heterocycles. The summed E-state index contributed by atoms with van der Waals surface area (Å²) in [5, 5.41) is 11.5. The molecule has 3 heterocycles. The summed E-state index contributed by atoms with van der Waals surface area (Å²) in [5.74, 6) is -0.591. The van der Waals surface area contributed by atoms with Crippen LogP contribution < -0.4 is 0 Å². The zero-order chi connectivity index (χ0) is 15.3. The summed E-state index contributed by atoms with van der Waals surface area (Å²) in [6.07, 6.45) is -1.97. The first-order chi connectivity index (χ1) is 10.5. The number of fused-ring (bicyclic) bond motifs is 2. The maximum absolute atomic E-state index is 13.3. The van der Waals surface area contributed by atoms with Crippen molar-refractivity contribution in [3.63, 3.8) is 0 Å². The molecular weight excluding hydrogens is 299 g/mol. The number of benzene rings is 1. The summed E-state index contributed by atoms with van der Waals surface area (Å²) in [5.41, 5.74) is -0.299. The van der Waals surface area contributed by atoms with Gasteiger partial charge in [0.2, 0.25) is 5.82 Å². The lowest BCUT2D eigenvalue weighted by Gasteiger charge is -2.10. The van der Waals surface area contributed by atoms with Crippen LogP contribution in [0.2, 0.25) is 0 Å². The summed E-state index contributed by atoms with van der Waals surface area (Å²) >= 11 is 0. The molecule has 0 aliphatic rings. The lowest BCUT2D eigenvalue weighted by molar-refractivity contribution is -0.141. The smallest absolute Gasteiger partial charge is 0.218 e. The Kier molecular flexibility index (Phi) is 2.44. The minimum absolute atomic E-state index is 0.138. The fourth-order valence-corrected chi connectivity index (χ4v) is 2.10. The van der Waals surface area contributed by atoms with E-state index in [0.29, 0.717) is 11.0 Å². The third-order valence-electron chi connectivity index (χ3n) is 3.05. The first-order valence-electron chi connectivity index (χ1n) is 6.13. The van der Waals surface area contributed by atoms with E-state index in [1.807, 2.05) is 0 Å². The Morgan fingerprint density at radius 2 is 1.91 bits per heavy atom. The van der Waals surface area contributed by atoms with Crippen molar-refractivity contribution in [2.75, 3.05) is 0 Å². The summed E-state index contributed by atoms with van der Waals surface area (Å²) in [6, 6.07) is 6.65. The third kappa shape index (κ3) is 1.80. The Labute approximate surface area is 120 Å². The highest BCUT2D eigenvalue weighted by Crippen LogP contribution is 2.32. The summed E-state index contributed by atoms with van der Waals surface area (Å²) in [7, 11) is 0.